The van der Waals surface area contributed by atoms with Crippen molar-refractivity contribution in [3.05, 3.63) is 83.9 Å². The number of sulfone groups is 1. The molecule has 0 aliphatic carbocycles. The minimum Gasteiger partial charge on any atom is -0.495 e. The molecule has 0 fully saturated rings. The number of hydrogen-bond acceptors (Lipinski definition) is 7. The average molecular weight is 483 g/mol. The van der Waals surface area contributed by atoms with Crippen molar-refractivity contribution < 1.29 is 32.3 Å². The second-order valence-electron chi connectivity index (χ2n) is 7.16. The van der Waals surface area contributed by atoms with Gasteiger partial charge in [0.2, 0.25) is 0 Å². The van der Waals surface area contributed by atoms with Gasteiger partial charge in [0, 0.05) is 17.5 Å². The summed E-state index contributed by atoms with van der Waals surface area (Å²) in [4.78, 5) is 36.7. The molecule has 9 nitrogen and oxygen atoms in total. The van der Waals surface area contributed by atoms with Gasteiger partial charge in [-0.15, -0.1) is 0 Å². The largest absolute Gasteiger partial charge is 0.495 e. The number of methoxy groups -OCH3 is 1. The zero-order chi connectivity index (χ0) is 24.7. The van der Waals surface area contributed by atoms with Gasteiger partial charge in [0.25, 0.3) is 11.8 Å². The Bertz CT molecular complexity index is 1320. The molecule has 0 aliphatic heterocycles. The first-order chi connectivity index (χ1) is 16.2. The summed E-state index contributed by atoms with van der Waals surface area (Å²) in [6.45, 7) is -0.571. The standard InChI is InChI=1S/C24H22N2O7S/c1-32-21-9-4-3-8-20(21)26-23(28)16-10-12-18(13-11-16)25-22(27)15-33-24(29)17-6-5-7-19(14-17)34(2,30)31/h3-14H,15H2,1-2H3,(H,25,27)(H,26,28). The first-order valence-corrected chi connectivity index (χ1v) is 11.9. The molecular weight excluding hydrogens is 460 g/mol. The van der Waals surface area contributed by atoms with Crippen molar-refractivity contribution in [1.29, 1.82) is 0 Å². The van der Waals surface area contributed by atoms with E-state index in [1.807, 2.05) is 0 Å². The van der Waals surface area contributed by atoms with Crippen LogP contribution in [0.1, 0.15) is 20.7 Å². The van der Waals surface area contributed by atoms with Crippen LogP contribution in [0, 0.1) is 0 Å². The molecule has 0 unspecified atom stereocenters. The molecule has 0 bridgehead atoms. The Morgan fingerprint density at radius 1 is 0.853 bits per heavy atom. The van der Waals surface area contributed by atoms with Crippen molar-refractivity contribution in [3.8, 4) is 5.75 Å². The number of para-hydroxylation sites is 2. The highest BCUT2D eigenvalue weighted by Gasteiger charge is 2.15. The van der Waals surface area contributed by atoms with Crippen LogP contribution in [0.4, 0.5) is 11.4 Å². The predicted octanol–water partition coefficient (Wildman–Crippen LogP) is 3.15. The maximum Gasteiger partial charge on any atom is 0.338 e. The molecule has 3 aromatic rings. The molecule has 0 saturated carbocycles. The quantitative estimate of drug-likeness (QED) is 0.472. The van der Waals surface area contributed by atoms with Gasteiger partial charge in [-0.05, 0) is 54.6 Å². The van der Waals surface area contributed by atoms with E-state index in [9.17, 15) is 22.8 Å². The van der Waals surface area contributed by atoms with Gasteiger partial charge in [0.1, 0.15) is 5.75 Å². The SMILES string of the molecule is COc1ccccc1NC(=O)c1ccc(NC(=O)COC(=O)c2cccc(S(C)(=O)=O)c2)cc1. The number of esters is 1. The lowest BCUT2D eigenvalue weighted by molar-refractivity contribution is -0.119. The van der Waals surface area contributed by atoms with Crippen LogP contribution < -0.4 is 15.4 Å². The Labute approximate surface area is 196 Å². The minimum atomic E-state index is -3.48. The summed E-state index contributed by atoms with van der Waals surface area (Å²) < 4.78 is 33.4. The molecule has 2 N–H and O–H groups in total. The maximum absolute atomic E-state index is 12.5. The van der Waals surface area contributed by atoms with E-state index in [1.54, 1.807) is 24.3 Å². The third-order valence-electron chi connectivity index (χ3n) is 4.62. The highest BCUT2D eigenvalue weighted by Crippen LogP contribution is 2.24. The summed E-state index contributed by atoms with van der Waals surface area (Å²) >= 11 is 0. The van der Waals surface area contributed by atoms with Gasteiger partial charge in [-0.3, -0.25) is 9.59 Å². The van der Waals surface area contributed by atoms with E-state index in [0.29, 0.717) is 22.7 Å². The van der Waals surface area contributed by atoms with Crippen LogP contribution in [0.3, 0.4) is 0 Å². The third-order valence-corrected chi connectivity index (χ3v) is 5.73. The molecule has 0 heterocycles. The molecule has 34 heavy (non-hydrogen) atoms. The molecule has 0 aromatic heterocycles. The number of carbonyl (C=O) groups excluding carboxylic acids is 3. The van der Waals surface area contributed by atoms with Gasteiger partial charge < -0.3 is 20.1 Å². The van der Waals surface area contributed by atoms with Gasteiger partial charge in [-0.2, -0.15) is 0 Å². The van der Waals surface area contributed by atoms with E-state index in [0.717, 1.165) is 6.26 Å². The lowest BCUT2D eigenvalue weighted by Crippen LogP contribution is -2.21. The van der Waals surface area contributed by atoms with Crippen molar-refractivity contribution in [1.82, 2.24) is 0 Å². The van der Waals surface area contributed by atoms with Crippen molar-refractivity contribution in [2.45, 2.75) is 4.90 Å². The maximum atomic E-state index is 12.5. The van der Waals surface area contributed by atoms with E-state index in [4.69, 9.17) is 9.47 Å². The number of hydrogen-bond donors (Lipinski definition) is 2. The molecule has 0 spiro atoms. The number of benzene rings is 3. The van der Waals surface area contributed by atoms with E-state index in [2.05, 4.69) is 10.6 Å². The third kappa shape index (κ3) is 6.42. The zero-order valence-electron chi connectivity index (χ0n) is 18.4. The molecule has 176 valence electrons. The molecule has 0 radical (unpaired) electrons. The average Bonchev–Trinajstić information content (AvgIpc) is 2.83. The summed E-state index contributed by atoms with van der Waals surface area (Å²) in [5.74, 6) is -1.26. The molecule has 3 aromatic carbocycles. The Morgan fingerprint density at radius 3 is 2.24 bits per heavy atom. The highest BCUT2D eigenvalue weighted by molar-refractivity contribution is 7.90. The van der Waals surface area contributed by atoms with Gasteiger partial charge in [-0.25, -0.2) is 13.2 Å². The van der Waals surface area contributed by atoms with Crippen LogP contribution in [-0.4, -0.2) is 46.2 Å². The Morgan fingerprint density at radius 2 is 1.56 bits per heavy atom. The normalized spacial score (nSPS) is 10.8. The van der Waals surface area contributed by atoms with E-state index in [-0.39, 0.29) is 16.4 Å². The summed E-state index contributed by atoms with van der Waals surface area (Å²) in [6.07, 6.45) is 1.03. The second kappa shape index (κ2) is 10.6. The van der Waals surface area contributed by atoms with Gasteiger partial charge >= 0.3 is 5.97 Å². The van der Waals surface area contributed by atoms with Gasteiger partial charge in [0.05, 0.1) is 23.3 Å². The number of anilines is 2. The number of ether oxygens (including phenoxy) is 2. The van der Waals surface area contributed by atoms with Gasteiger partial charge in [0.15, 0.2) is 16.4 Å². The van der Waals surface area contributed by atoms with Crippen molar-refractivity contribution in [3.63, 3.8) is 0 Å². The molecular formula is C24H22N2O7S. The van der Waals surface area contributed by atoms with Crippen molar-refractivity contribution >= 4 is 39.0 Å². The molecule has 0 atom stereocenters. The fraction of sp³-hybridized carbons (Fsp3) is 0.125. The lowest BCUT2D eigenvalue weighted by Gasteiger charge is -2.10. The smallest absolute Gasteiger partial charge is 0.338 e. The second-order valence-corrected chi connectivity index (χ2v) is 9.17. The summed E-state index contributed by atoms with van der Waals surface area (Å²) in [6, 6.07) is 18.5. The van der Waals surface area contributed by atoms with Crippen LogP contribution >= 0.6 is 0 Å². The lowest BCUT2D eigenvalue weighted by atomic mass is 10.2. The summed E-state index contributed by atoms with van der Waals surface area (Å²) in [5.41, 5.74) is 1.30. The van der Waals surface area contributed by atoms with Crippen LogP contribution in [-0.2, 0) is 19.4 Å². The first-order valence-electron chi connectivity index (χ1n) is 9.99. The topological polar surface area (TPSA) is 128 Å². The highest BCUT2D eigenvalue weighted by atomic mass is 32.2. The van der Waals surface area contributed by atoms with E-state index in [1.165, 1.54) is 55.6 Å². The molecule has 2 amide bonds. The summed E-state index contributed by atoms with van der Waals surface area (Å²) in [5, 5.41) is 5.31. The Balaban J connectivity index is 1.55. The molecule has 0 saturated heterocycles. The number of carbonyl (C=O) groups is 3. The summed E-state index contributed by atoms with van der Waals surface area (Å²) in [7, 11) is -1.98. The molecule has 0 aliphatic rings. The minimum absolute atomic E-state index is 0.0149. The molecule has 3 rings (SSSR count). The van der Waals surface area contributed by atoms with E-state index < -0.39 is 28.3 Å². The predicted molar refractivity (Wildman–Crippen MR) is 126 cm³/mol. The van der Waals surface area contributed by atoms with Crippen LogP contribution in [0.15, 0.2) is 77.7 Å². The number of nitrogens with one attached hydrogen (secondary N) is 2. The van der Waals surface area contributed by atoms with Gasteiger partial charge in [-0.1, -0.05) is 18.2 Å². The first kappa shape index (κ1) is 24.5. The monoisotopic (exact) mass is 482 g/mol. The number of rotatable bonds is 8. The Hall–Kier alpha value is -4.18. The van der Waals surface area contributed by atoms with Crippen molar-refractivity contribution in [2.75, 3.05) is 30.6 Å². The molecule has 10 heteroatoms. The van der Waals surface area contributed by atoms with Crippen molar-refractivity contribution in [2.24, 2.45) is 0 Å². The fourth-order valence-corrected chi connectivity index (χ4v) is 3.58. The number of amides is 2. The Kier molecular flexibility index (Phi) is 7.64. The zero-order valence-corrected chi connectivity index (χ0v) is 19.2. The van der Waals surface area contributed by atoms with E-state index >= 15 is 0 Å². The fourth-order valence-electron chi connectivity index (χ4n) is 2.91. The van der Waals surface area contributed by atoms with Crippen LogP contribution in [0.5, 0.6) is 5.75 Å². The van der Waals surface area contributed by atoms with Crippen LogP contribution in [0.2, 0.25) is 0 Å². The van der Waals surface area contributed by atoms with Crippen LogP contribution in [0.25, 0.3) is 0 Å².